The summed E-state index contributed by atoms with van der Waals surface area (Å²) in [5, 5.41) is 8.49. The van der Waals surface area contributed by atoms with E-state index in [9.17, 15) is 4.79 Å². The Hall–Kier alpha value is -1.49. The number of hydrogen-bond acceptors (Lipinski definition) is 1. The maximum absolute atomic E-state index is 10.3. The minimum Gasteiger partial charge on any atom is -0.481 e. The minimum atomic E-state index is -0.682. The van der Waals surface area contributed by atoms with E-state index >= 15 is 0 Å². The molecule has 0 rings (SSSR count). The van der Waals surface area contributed by atoms with Crippen molar-refractivity contribution < 1.29 is 9.90 Å². The van der Waals surface area contributed by atoms with Gasteiger partial charge in [-0.1, -0.05) is 62.7 Å². The first-order valence-electron chi connectivity index (χ1n) is 7.77. The predicted octanol–water partition coefficient (Wildman–Crippen LogP) is 5.11. The second kappa shape index (κ2) is 15.6. The van der Waals surface area contributed by atoms with Crippen LogP contribution in [-0.4, -0.2) is 11.1 Å². The van der Waals surface area contributed by atoms with Gasteiger partial charge in [0.2, 0.25) is 0 Å². The van der Waals surface area contributed by atoms with E-state index < -0.39 is 5.97 Å². The second-order valence-electron chi connectivity index (χ2n) is 4.89. The first-order valence-corrected chi connectivity index (χ1v) is 7.77. The fourth-order valence-electron chi connectivity index (χ4n) is 1.76. The molecule has 0 spiro atoms. The van der Waals surface area contributed by atoms with Crippen molar-refractivity contribution in [3.05, 3.63) is 24.3 Å². The molecule has 0 aromatic carbocycles. The summed E-state index contributed by atoms with van der Waals surface area (Å²) in [4.78, 5) is 10.3. The molecule has 2 heteroatoms. The molecule has 0 aliphatic heterocycles. The lowest BCUT2D eigenvalue weighted by molar-refractivity contribution is -0.137. The fourth-order valence-corrected chi connectivity index (χ4v) is 1.76. The van der Waals surface area contributed by atoms with Gasteiger partial charge in [-0.25, -0.2) is 0 Å². The number of aliphatic carboxylic acids is 1. The van der Waals surface area contributed by atoms with Gasteiger partial charge in [0.15, 0.2) is 0 Å². The molecule has 0 aliphatic rings. The summed E-state index contributed by atoms with van der Waals surface area (Å²) >= 11 is 0. The van der Waals surface area contributed by atoms with Gasteiger partial charge in [0, 0.05) is 12.8 Å². The van der Waals surface area contributed by atoms with Crippen molar-refractivity contribution in [2.24, 2.45) is 0 Å². The van der Waals surface area contributed by atoms with Gasteiger partial charge in [0.05, 0.1) is 0 Å². The lowest BCUT2D eigenvalue weighted by Crippen LogP contribution is -1.93. The highest BCUT2D eigenvalue weighted by Gasteiger charge is 1.95. The maximum Gasteiger partial charge on any atom is 0.303 e. The molecular weight excluding hydrogens is 248 g/mol. The molecule has 0 saturated heterocycles. The average Bonchev–Trinajstić information content (AvgIpc) is 2.43. The van der Waals surface area contributed by atoms with Crippen molar-refractivity contribution in [2.75, 3.05) is 0 Å². The zero-order valence-electron chi connectivity index (χ0n) is 12.7. The second-order valence-corrected chi connectivity index (χ2v) is 4.89. The van der Waals surface area contributed by atoms with Crippen LogP contribution in [-0.2, 0) is 4.79 Å². The topological polar surface area (TPSA) is 37.3 Å². The first-order chi connectivity index (χ1) is 9.77. The number of allylic oxidation sites excluding steroid dienone is 4. The van der Waals surface area contributed by atoms with Gasteiger partial charge >= 0.3 is 5.97 Å². The summed E-state index contributed by atoms with van der Waals surface area (Å²) in [6.45, 7) is 2.16. The molecule has 0 aromatic heterocycles. The zero-order chi connectivity index (χ0) is 14.9. The van der Waals surface area contributed by atoms with Gasteiger partial charge in [-0.3, -0.25) is 4.79 Å². The number of carbonyl (C=O) groups is 1. The molecule has 0 atom stereocenters. The fraction of sp³-hybridized carbons (Fsp3) is 0.611. The largest absolute Gasteiger partial charge is 0.481 e. The Kier molecular flexibility index (Phi) is 14.4. The van der Waals surface area contributed by atoms with E-state index in [1.807, 2.05) is 6.08 Å². The number of rotatable bonds is 11. The molecule has 1 N–H and O–H groups in total. The van der Waals surface area contributed by atoms with Crippen LogP contribution < -0.4 is 0 Å². The van der Waals surface area contributed by atoms with Crippen molar-refractivity contribution in [1.82, 2.24) is 0 Å². The number of hydrogen-bond donors (Lipinski definition) is 1. The van der Waals surface area contributed by atoms with Crippen LogP contribution in [0, 0.1) is 11.8 Å². The van der Waals surface area contributed by atoms with Crippen molar-refractivity contribution in [3.63, 3.8) is 0 Å². The summed E-state index contributed by atoms with van der Waals surface area (Å²) in [7, 11) is 0. The Morgan fingerprint density at radius 1 is 1.00 bits per heavy atom. The molecule has 0 saturated carbocycles. The molecule has 0 unspecified atom stereocenters. The third-order valence-electron chi connectivity index (χ3n) is 2.91. The molecule has 0 fully saturated rings. The summed E-state index contributed by atoms with van der Waals surface area (Å²) in [5.41, 5.74) is 0. The number of carboxylic acids is 1. The van der Waals surface area contributed by atoms with Crippen LogP contribution in [0.15, 0.2) is 24.3 Å². The van der Waals surface area contributed by atoms with Crippen molar-refractivity contribution in [1.29, 1.82) is 0 Å². The highest BCUT2D eigenvalue weighted by molar-refractivity contribution is 5.66. The van der Waals surface area contributed by atoms with E-state index in [0.29, 0.717) is 6.42 Å². The average molecular weight is 276 g/mol. The van der Waals surface area contributed by atoms with Crippen molar-refractivity contribution in [2.45, 2.75) is 71.1 Å². The quantitative estimate of drug-likeness (QED) is 0.323. The normalized spacial score (nSPS) is 10.8. The number of carboxylic acid groups (broad SMARTS) is 1. The van der Waals surface area contributed by atoms with Crippen LogP contribution in [0.4, 0.5) is 0 Å². The van der Waals surface area contributed by atoms with Gasteiger partial charge < -0.3 is 5.11 Å². The Labute approximate surface area is 124 Å². The minimum absolute atomic E-state index is 0.311. The summed E-state index contributed by atoms with van der Waals surface area (Å²) < 4.78 is 0. The number of unbranched alkanes of at least 4 members (excludes halogenated alkanes) is 6. The van der Waals surface area contributed by atoms with E-state index in [0.717, 1.165) is 38.5 Å². The highest BCUT2D eigenvalue weighted by atomic mass is 16.4. The van der Waals surface area contributed by atoms with Crippen LogP contribution in [0.25, 0.3) is 0 Å². The Bertz CT molecular complexity index is 342. The van der Waals surface area contributed by atoms with Crippen LogP contribution in [0.5, 0.6) is 0 Å². The standard InChI is InChI=1S/C18H28O2/c1-2-3-4-5-6-7-8-9-10-11-12-13-14-15-16-17-18(19)20/h4-5,9-10H,2-3,8,11-17H2,1H3,(H,19,20)/b5-4+,10-9+. The van der Waals surface area contributed by atoms with E-state index in [1.54, 1.807) is 0 Å². The highest BCUT2D eigenvalue weighted by Crippen LogP contribution is 2.07. The molecule has 112 valence electrons. The Morgan fingerprint density at radius 2 is 1.75 bits per heavy atom. The van der Waals surface area contributed by atoms with Crippen LogP contribution in [0.2, 0.25) is 0 Å². The van der Waals surface area contributed by atoms with E-state index in [4.69, 9.17) is 5.11 Å². The Morgan fingerprint density at radius 3 is 2.50 bits per heavy atom. The molecule has 0 aliphatic carbocycles. The van der Waals surface area contributed by atoms with E-state index in [1.165, 1.54) is 19.3 Å². The molecular formula is C18H28O2. The lowest BCUT2D eigenvalue weighted by Gasteiger charge is -1.97. The Balaban J connectivity index is 3.29. The van der Waals surface area contributed by atoms with Crippen molar-refractivity contribution in [3.8, 4) is 11.8 Å². The van der Waals surface area contributed by atoms with Crippen LogP contribution >= 0.6 is 0 Å². The molecule has 0 amide bonds. The van der Waals surface area contributed by atoms with Gasteiger partial charge in [-0.2, -0.15) is 0 Å². The third kappa shape index (κ3) is 16.5. The SMILES string of the molecule is CCC/C=C/C#CC/C=C/CCCCCCCC(=O)O. The van der Waals surface area contributed by atoms with Crippen molar-refractivity contribution >= 4 is 5.97 Å². The van der Waals surface area contributed by atoms with Gasteiger partial charge in [-0.15, -0.1) is 0 Å². The zero-order valence-corrected chi connectivity index (χ0v) is 12.7. The predicted molar refractivity (Wildman–Crippen MR) is 85.5 cm³/mol. The van der Waals surface area contributed by atoms with Gasteiger partial charge in [0.25, 0.3) is 0 Å². The summed E-state index contributed by atoms with van der Waals surface area (Å²) in [6, 6.07) is 0. The maximum atomic E-state index is 10.3. The summed E-state index contributed by atoms with van der Waals surface area (Å²) in [6.07, 6.45) is 18.3. The molecule has 20 heavy (non-hydrogen) atoms. The van der Waals surface area contributed by atoms with Gasteiger partial charge in [-0.05, 0) is 31.8 Å². The summed E-state index contributed by atoms with van der Waals surface area (Å²) in [5.74, 6) is 5.44. The van der Waals surface area contributed by atoms with E-state index in [2.05, 4.69) is 37.0 Å². The lowest BCUT2D eigenvalue weighted by atomic mass is 10.1. The third-order valence-corrected chi connectivity index (χ3v) is 2.91. The first kappa shape index (κ1) is 18.5. The molecule has 0 heterocycles. The monoisotopic (exact) mass is 276 g/mol. The van der Waals surface area contributed by atoms with E-state index in [-0.39, 0.29) is 0 Å². The molecule has 2 nitrogen and oxygen atoms in total. The molecule has 0 bridgehead atoms. The van der Waals surface area contributed by atoms with Crippen LogP contribution in [0.1, 0.15) is 71.1 Å². The molecule has 0 radical (unpaired) electrons. The smallest absolute Gasteiger partial charge is 0.303 e. The van der Waals surface area contributed by atoms with Crippen LogP contribution in [0.3, 0.4) is 0 Å². The molecule has 0 aromatic rings. The van der Waals surface area contributed by atoms with Gasteiger partial charge in [0.1, 0.15) is 0 Å².